The van der Waals surface area contributed by atoms with Gasteiger partial charge >= 0.3 is 5.97 Å². The highest BCUT2D eigenvalue weighted by Crippen LogP contribution is 2.28. The predicted octanol–water partition coefficient (Wildman–Crippen LogP) is 9.14. The Kier molecular flexibility index (Phi) is 12.9. The van der Waals surface area contributed by atoms with Crippen molar-refractivity contribution in [3.8, 4) is 5.75 Å². The number of aromatic carboxylic acids is 1. The Morgan fingerprint density at radius 2 is 1.27 bits per heavy atom. The number of hydrogen-bond acceptors (Lipinski definition) is 4. The summed E-state index contributed by atoms with van der Waals surface area (Å²) in [5.74, 6) is -0.721. The fraction of sp³-hybridized carbons (Fsp3) is 0.536. The van der Waals surface area contributed by atoms with Crippen molar-refractivity contribution >= 4 is 17.3 Å². The van der Waals surface area contributed by atoms with Crippen LogP contribution in [0.2, 0.25) is 0 Å². The molecule has 0 amide bonds. The summed E-state index contributed by atoms with van der Waals surface area (Å²) in [5, 5.41) is 27.4. The molecule has 0 spiro atoms. The second-order valence-electron chi connectivity index (χ2n) is 8.86. The van der Waals surface area contributed by atoms with Crippen LogP contribution in [0.5, 0.6) is 5.75 Å². The van der Waals surface area contributed by atoms with Gasteiger partial charge in [-0.3, -0.25) is 0 Å². The molecule has 2 N–H and O–H groups in total. The number of nitrogens with zero attached hydrogens (tertiary/aromatic N) is 2. The Balaban J connectivity index is 1.67. The lowest BCUT2D eigenvalue weighted by molar-refractivity contribution is 0.0697. The summed E-state index contributed by atoms with van der Waals surface area (Å²) in [6, 6.07) is 11.5. The molecule has 0 fully saturated rings. The van der Waals surface area contributed by atoms with E-state index in [4.69, 9.17) is 5.11 Å². The maximum Gasteiger partial charge on any atom is 0.335 e. The van der Waals surface area contributed by atoms with Crippen molar-refractivity contribution in [3.63, 3.8) is 0 Å². The zero-order valence-corrected chi connectivity index (χ0v) is 20.1. The van der Waals surface area contributed by atoms with Gasteiger partial charge in [-0.05, 0) is 60.9 Å². The molecule has 0 bridgehead atoms. The molecule has 0 saturated heterocycles. The molecule has 0 heterocycles. The van der Waals surface area contributed by atoms with E-state index < -0.39 is 5.97 Å². The van der Waals surface area contributed by atoms with Gasteiger partial charge in [-0.2, -0.15) is 10.2 Å². The third kappa shape index (κ3) is 11.1. The number of carbonyl (C=O) groups is 1. The lowest BCUT2D eigenvalue weighted by Gasteiger charge is -2.06. The molecule has 0 saturated carbocycles. The van der Waals surface area contributed by atoms with E-state index in [9.17, 15) is 9.90 Å². The number of hydrogen-bond donors (Lipinski definition) is 2. The van der Waals surface area contributed by atoms with E-state index in [1.807, 2.05) is 0 Å². The quantitative estimate of drug-likeness (QED) is 0.185. The van der Waals surface area contributed by atoms with Gasteiger partial charge in [0.25, 0.3) is 0 Å². The van der Waals surface area contributed by atoms with Gasteiger partial charge in [0, 0.05) is 0 Å². The Morgan fingerprint density at radius 1 is 0.727 bits per heavy atom. The summed E-state index contributed by atoms with van der Waals surface area (Å²) in [4.78, 5) is 11.0. The molecule has 0 unspecified atom stereocenters. The number of carboxylic acids is 1. The smallest absolute Gasteiger partial charge is 0.335 e. The maximum absolute atomic E-state index is 11.0. The standard InChI is InChI=1S/C28H40N2O3/c1-2-3-4-5-6-7-8-9-10-11-12-13-14-15-24-22-26(31)20-21-27(24)30-29-25-18-16-23(17-19-25)28(32)33/h16-22,31H,2-15H2,1H3,(H,32,33). The Hall–Kier alpha value is -2.69. The molecule has 0 radical (unpaired) electrons. The average molecular weight is 453 g/mol. The van der Waals surface area contributed by atoms with Gasteiger partial charge in [0.15, 0.2) is 0 Å². The fourth-order valence-electron chi connectivity index (χ4n) is 3.99. The van der Waals surface area contributed by atoms with Gasteiger partial charge in [0.2, 0.25) is 0 Å². The van der Waals surface area contributed by atoms with Crippen molar-refractivity contribution in [3.05, 3.63) is 53.6 Å². The molecule has 180 valence electrons. The number of unbranched alkanes of at least 4 members (excludes halogenated alkanes) is 12. The van der Waals surface area contributed by atoms with Crippen LogP contribution in [0.4, 0.5) is 11.4 Å². The van der Waals surface area contributed by atoms with E-state index >= 15 is 0 Å². The minimum atomic E-state index is -0.961. The largest absolute Gasteiger partial charge is 0.508 e. The number of carboxylic acid groups (broad SMARTS) is 1. The second kappa shape index (κ2) is 16.0. The molecule has 0 aromatic heterocycles. The molecular formula is C28H40N2O3. The minimum absolute atomic E-state index is 0.224. The summed E-state index contributed by atoms with van der Waals surface area (Å²) >= 11 is 0. The van der Waals surface area contributed by atoms with Crippen LogP contribution in [0.25, 0.3) is 0 Å². The first-order valence-corrected chi connectivity index (χ1v) is 12.7. The normalized spacial score (nSPS) is 11.3. The van der Waals surface area contributed by atoms with Crippen molar-refractivity contribution < 1.29 is 15.0 Å². The van der Waals surface area contributed by atoms with Crippen molar-refractivity contribution in [2.45, 2.75) is 96.8 Å². The summed E-state index contributed by atoms with van der Waals surface area (Å²) in [7, 11) is 0. The van der Waals surface area contributed by atoms with Crippen LogP contribution in [-0.4, -0.2) is 16.2 Å². The molecule has 5 heteroatoms. The summed E-state index contributed by atoms with van der Waals surface area (Å²) in [6.07, 6.45) is 18.0. The number of rotatable bonds is 17. The highest BCUT2D eigenvalue weighted by molar-refractivity contribution is 5.87. The lowest BCUT2D eigenvalue weighted by Crippen LogP contribution is -1.93. The number of aryl methyl sites for hydroxylation is 1. The first kappa shape index (κ1) is 26.6. The molecule has 0 aliphatic heterocycles. The van der Waals surface area contributed by atoms with E-state index in [-0.39, 0.29) is 11.3 Å². The number of phenolic OH excluding ortho intramolecular Hbond substituents is 1. The Morgan fingerprint density at radius 3 is 1.82 bits per heavy atom. The van der Waals surface area contributed by atoms with Gasteiger partial charge in [-0.25, -0.2) is 4.79 Å². The van der Waals surface area contributed by atoms with Crippen molar-refractivity contribution in [1.29, 1.82) is 0 Å². The van der Waals surface area contributed by atoms with Gasteiger partial charge in [0.1, 0.15) is 5.75 Å². The molecule has 2 aromatic rings. The van der Waals surface area contributed by atoms with Gasteiger partial charge in [-0.15, -0.1) is 0 Å². The van der Waals surface area contributed by atoms with E-state index in [0.29, 0.717) is 5.69 Å². The first-order valence-electron chi connectivity index (χ1n) is 12.7. The molecule has 2 aromatic carbocycles. The van der Waals surface area contributed by atoms with Crippen LogP contribution in [-0.2, 0) is 6.42 Å². The van der Waals surface area contributed by atoms with E-state index in [2.05, 4.69) is 17.2 Å². The van der Waals surface area contributed by atoms with Crippen LogP contribution in [0.3, 0.4) is 0 Å². The van der Waals surface area contributed by atoms with Gasteiger partial charge in [0.05, 0.1) is 16.9 Å². The first-order chi connectivity index (χ1) is 16.1. The molecule has 0 aliphatic carbocycles. The van der Waals surface area contributed by atoms with Crippen LogP contribution in [0.1, 0.15) is 106 Å². The number of phenols is 1. The minimum Gasteiger partial charge on any atom is -0.508 e. The lowest BCUT2D eigenvalue weighted by atomic mass is 10.0. The van der Waals surface area contributed by atoms with E-state index in [1.165, 1.54) is 89.2 Å². The summed E-state index contributed by atoms with van der Waals surface area (Å²) in [5.41, 5.74) is 2.56. The zero-order chi connectivity index (χ0) is 23.7. The van der Waals surface area contributed by atoms with Crippen molar-refractivity contribution in [2.75, 3.05) is 0 Å². The predicted molar refractivity (Wildman–Crippen MR) is 135 cm³/mol. The SMILES string of the molecule is CCCCCCCCCCCCCCCc1cc(O)ccc1N=Nc1ccc(C(=O)O)cc1. The molecule has 5 nitrogen and oxygen atoms in total. The Bertz CT molecular complexity index is 847. The molecule has 33 heavy (non-hydrogen) atoms. The molecule has 0 atom stereocenters. The second-order valence-corrected chi connectivity index (χ2v) is 8.86. The van der Waals surface area contributed by atoms with E-state index in [1.54, 1.807) is 30.3 Å². The molecule has 2 rings (SSSR count). The van der Waals surface area contributed by atoms with Crippen molar-refractivity contribution in [2.24, 2.45) is 10.2 Å². The monoisotopic (exact) mass is 452 g/mol. The average Bonchev–Trinajstić information content (AvgIpc) is 2.81. The van der Waals surface area contributed by atoms with Crippen LogP contribution in [0.15, 0.2) is 52.7 Å². The highest BCUT2D eigenvalue weighted by Gasteiger charge is 2.05. The van der Waals surface area contributed by atoms with Gasteiger partial charge in [-0.1, -0.05) is 84.0 Å². The highest BCUT2D eigenvalue weighted by atomic mass is 16.4. The third-order valence-corrected chi connectivity index (χ3v) is 6.00. The Labute approximate surface area is 199 Å². The third-order valence-electron chi connectivity index (χ3n) is 6.00. The molecular weight excluding hydrogens is 412 g/mol. The number of azo groups is 1. The number of aromatic hydroxyl groups is 1. The van der Waals surface area contributed by atoms with Crippen LogP contribution in [0, 0.1) is 0 Å². The summed E-state index contributed by atoms with van der Waals surface area (Å²) in [6.45, 7) is 2.26. The number of benzene rings is 2. The van der Waals surface area contributed by atoms with Crippen LogP contribution < -0.4 is 0 Å². The summed E-state index contributed by atoms with van der Waals surface area (Å²) < 4.78 is 0. The van der Waals surface area contributed by atoms with E-state index in [0.717, 1.165) is 24.1 Å². The fourth-order valence-corrected chi connectivity index (χ4v) is 3.99. The maximum atomic E-state index is 11.0. The van der Waals surface area contributed by atoms with Crippen LogP contribution >= 0.6 is 0 Å². The topological polar surface area (TPSA) is 82.2 Å². The molecule has 0 aliphatic rings. The zero-order valence-electron chi connectivity index (χ0n) is 20.1. The van der Waals surface area contributed by atoms with Gasteiger partial charge < -0.3 is 10.2 Å². The van der Waals surface area contributed by atoms with Crippen molar-refractivity contribution in [1.82, 2.24) is 0 Å².